The van der Waals surface area contributed by atoms with E-state index in [4.69, 9.17) is 38.2 Å². The number of benzene rings is 2. The predicted octanol–water partition coefficient (Wildman–Crippen LogP) is 2.81. The predicted molar refractivity (Wildman–Crippen MR) is 152 cm³/mol. The van der Waals surface area contributed by atoms with Crippen LogP contribution in [0.4, 0.5) is 0 Å². The van der Waals surface area contributed by atoms with Crippen LogP contribution in [0.15, 0.2) is 36.4 Å². The van der Waals surface area contributed by atoms with Gasteiger partial charge in [-0.3, -0.25) is 9.59 Å². The molecule has 0 unspecified atom stereocenters. The summed E-state index contributed by atoms with van der Waals surface area (Å²) in [6, 6.07) is 11.6. The van der Waals surface area contributed by atoms with Gasteiger partial charge in [0.25, 0.3) is 11.8 Å². The highest BCUT2D eigenvalue weighted by Gasteiger charge is 2.25. The molecule has 0 radical (unpaired) electrons. The fraction of sp³-hybridized carbons (Fsp3) is 0.500. The molecule has 2 amide bonds. The first-order valence-electron chi connectivity index (χ1n) is 13.4. The molecule has 1 aliphatic heterocycles. The van der Waals surface area contributed by atoms with Crippen molar-refractivity contribution in [2.45, 2.75) is 39.5 Å². The molecule has 2 aromatic carbocycles. The second-order valence-electron chi connectivity index (χ2n) is 9.32. The summed E-state index contributed by atoms with van der Waals surface area (Å²) in [6.07, 6.45) is 4.01. The second-order valence-corrected chi connectivity index (χ2v) is 10.3. The van der Waals surface area contributed by atoms with Gasteiger partial charge in [0.05, 0.1) is 14.2 Å². The lowest BCUT2D eigenvalue weighted by Gasteiger charge is -2.34. The Balaban J connectivity index is 0.00000108. The zero-order valence-electron chi connectivity index (χ0n) is 24.1. The third kappa shape index (κ3) is 12.0. The molecule has 3 rings (SSSR count). The van der Waals surface area contributed by atoms with E-state index in [1.165, 1.54) is 11.1 Å². The van der Waals surface area contributed by atoms with E-state index in [9.17, 15) is 9.59 Å². The number of carbonyl (C=O) groups excluding carboxylic acids is 2. The Labute approximate surface area is 241 Å². The Kier molecular flexibility index (Phi) is 13.9. The van der Waals surface area contributed by atoms with Gasteiger partial charge < -0.3 is 43.4 Å². The van der Waals surface area contributed by atoms with Crippen LogP contribution < -0.4 is 18.9 Å². The number of hydrogen-bond donors (Lipinski definition) is 3. The molecule has 13 heteroatoms. The summed E-state index contributed by atoms with van der Waals surface area (Å²) < 4.78 is 31.2. The molecular formula is C28H41N2O10P. The van der Waals surface area contributed by atoms with Crippen molar-refractivity contribution in [3.63, 3.8) is 0 Å². The van der Waals surface area contributed by atoms with Gasteiger partial charge in [0.1, 0.15) is 0 Å². The lowest BCUT2D eigenvalue weighted by atomic mass is 10.1. The summed E-state index contributed by atoms with van der Waals surface area (Å²) in [5.74, 6) is 2.12. The normalized spacial score (nSPS) is 13.1. The Morgan fingerprint density at radius 3 is 1.34 bits per heavy atom. The largest absolute Gasteiger partial charge is 0.493 e. The Morgan fingerprint density at radius 2 is 1.05 bits per heavy atom. The Morgan fingerprint density at radius 1 is 0.707 bits per heavy atom. The maximum atomic E-state index is 12.7. The molecule has 0 spiro atoms. The first kappa shape index (κ1) is 33.9. The molecule has 1 fully saturated rings. The molecule has 1 heterocycles. The average molecular weight is 597 g/mol. The number of piperazine rings is 1. The van der Waals surface area contributed by atoms with Crippen molar-refractivity contribution in [1.29, 1.82) is 0 Å². The van der Waals surface area contributed by atoms with Crippen LogP contribution >= 0.6 is 7.82 Å². The van der Waals surface area contributed by atoms with Gasteiger partial charge in [0, 0.05) is 26.2 Å². The van der Waals surface area contributed by atoms with Crippen molar-refractivity contribution >= 4 is 19.6 Å². The zero-order valence-corrected chi connectivity index (χ0v) is 25.0. The molecule has 12 nitrogen and oxygen atoms in total. The van der Waals surface area contributed by atoms with Crippen molar-refractivity contribution in [2.24, 2.45) is 0 Å². The molecule has 0 aromatic heterocycles. The van der Waals surface area contributed by atoms with E-state index in [1.54, 1.807) is 24.0 Å². The summed E-state index contributed by atoms with van der Waals surface area (Å²) in [4.78, 5) is 50.4. The number of methoxy groups -OCH3 is 2. The van der Waals surface area contributed by atoms with Crippen molar-refractivity contribution in [3.8, 4) is 23.0 Å². The molecule has 0 saturated carbocycles. The van der Waals surface area contributed by atoms with Crippen LogP contribution in [0.1, 0.15) is 37.8 Å². The van der Waals surface area contributed by atoms with Crippen molar-refractivity contribution in [2.75, 3.05) is 53.6 Å². The summed E-state index contributed by atoms with van der Waals surface area (Å²) in [5, 5.41) is 0. The van der Waals surface area contributed by atoms with Crippen LogP contribution in [0.2, 0.25) is 0 Å². The lowest BCUT2D eigenvalue weighted by Crippen LogP contribution is -2.52. The highest BCUT2D eigenvalue weighted by Crippen LogP contribution is 2.30. The molecule has 0 aliphatic carbocycles. The highest BCUT2D eigenvalue weighted by molar-refractivity contribution is 7.45. The van der Waals surface area contributed by atoms with Gasteiger partial charge in [-0.25, -0.2) is 4.57 Å². The quantitative estimate of drug-likeness (QED) is 0.312. The fourth-order valence-electron chi connectivity index (χ4n) is 4.22. The van der Waals surface area contributed by atoms with Crippen LogP contribution in [-0.4, -0.2) is 89.9 Å². The van der Waals surface area contributed by atoms with Crippen LogP contribution in [-0.2, 0) is 27.0 Å². The summed E-state index contributed by atoms with van der Waals surface area (Å²) in [5.41, 5.74) is 2.34. The van der Waals surface area contributed by atoms with Crippen molar-refractivity contribution in [1.82, 2.24) is 9.80 Å². The molecule has 1 aliphatic rings. The Bertz CT molecular complexity index is 1090. The van der Waals surface area contributed by atoms with Crippen molar-refractivity contribution in [3.05, 3.63) is 47.5 Å². The number of ether oxygens (including phenoxy) is 4. The van der Waals surface area contributed by atoms with E-state index in [0.29, 0.717) is 49.2 Å². The van der Waals surface area contributed by atoms with Gasteiger partial charge >= 0.3 is 7.82 Å². The maximum Gasteiger partial charge on any atom is 0.466 e. The van der Waals surface area contributed by atoms with E-state index in [2.05, 4.69) is 13.8 Å². The molecule has 41 heavy (non-hydrogen) atoms. The first-order chi connectivity index (χ1) is 19.5. The smallest absolute Gasteiger partial charge is 0.466 e. The molecule has 1 saturated heterocycles. The van der Waals surface area contributed by atoms with E-state index >= 15 is 0 Å². The first-order valence-corrected chi connectivity index (χ1v) is 15.0. The van der Waals surface area contributed by atoms with E-state index in [1.807, 2.05) is 36.4 Å². The molecule has 2 aromatic rings. The van der Waals surface area contributed by atoms with Gasteiger partial charge in [-0.1, -0.05) is 38.8 Å². The summed E-state index contributed by atoms with van der Waals surface area (Å²) in [7, 11) is -1.45. The van der Waals surface area contributed by atoms with Crippen molar-refractivity contribution < 1.29 is 47.8 Å². The second kappa shape index (κ2) is 16.8. The SMILES string of the molecule is CCCc1ccc(OCC(=O)N2CCN(C(=O)COc3ccc(CCC)cc3OC)CC2)c(OC)c1.O=P(O)(O)O. The molecule has 3 N–H and O–H groups in total. The maximum absolute atomic E-state index is 12.7. The fourth-order valence-corrected chi connectivity index (χ4v) is 4.22. The van der Waals surface area contributed by atoms with Gasteiger partial charge in [-0.2, -0.15) is 0 Å². The average Bonchev–Trinajstić information content (AvgIpc) is 2.94. The monoisotopic (exact) mass is 596 g/mol. The van der Waals surface area contributed by atoms with Crippen LogP contribution in [0.3, 0.4) is 0 Å². The number of hydrogen-bond acceptors (Lipinski definition) is 7. The molecule has 0 bridgehead atoms. The zero-order chi connectivity index (χ0) is 30.4. The van der Waals surface area contributed by atoms with E-state index in [-0.39, 0.29) is 25.0 Å². The molecule has 228 valence electrons. The summed E-state index contributed by atoms with van der Waals surface area (Å²) >= 11 is 0. The lowest BCUT2D eigenvalue weighted by molar-refractivity contribution is -0.141. The molecular weight excluding hydrogens is 555 g/mol. The third-order valence-electron chi connectivity index (χ3n) is 6.22. The van der Waals surface area contributed by atoms with Crippen LogP contribution in [0.25, 0.3) is 0 Å². The van der Waals surface area contributed by atoms with Gasteiger partial charge in [-0.15, -0.1) is 0 Å². The number of amides is 2. The van der Waals surface area contributed by atoms with Gasteiger partial charge in [-0.05, 0) is 48.2 Å². The standard InChI is InChI=1S/C28H38N2O6.H3O4P/c1-5-7-21-9-11-23(25(17-21)33-3)35-19-27(31)29-13-15-30(16-14-29)28(32)20-36-24-12-10-22(8-6-2)18-26(24)34-4;1-5(2,3)4/h9-12,17-18H,5-8,13-16,19-20H2,1-4H3;(H3,1,2,3,4). The Hall–Kier alpha value is -3.31. The number of aryl methyl sites for hydroxylation is 2. The minimum atomic E-state index is -4.64. The van der Waals surface area contributed by atoms with Gasteiger partial charge in [0.15, 0.2) is 36.2 Å². The molecule has 0 atom stereocenters. The number of nitrogens with zero attached hydrogens (tertiary/aromatic N) is 2. The third-order valence-corrected chi connectivity index (χ3v) is 6.22. The van der Waals surface area contributed by atoms with Gasteiger partial charge in [0.2, 0.25) is 0 Å². The van der Waals surface area contributed by atoms with E-state index in [0.717, 1.165) is 25.7 Å². The number of carbonyl (C=O) groups is 2. The highest BCUT2D eigenvalue weighted by atomic mass is 31.2. The summed E-state index contributed by atoms with van der Waals surface area (Å²) in [6.45, 7) is 5.91. The number of rotatable bonds is 12. The van der Waals surface area contributed by atoms with E-state index < -0.39 is 7.82 Å². The topological polar surface area (TPSA) is 155 Å². The minimum absolute atomic E-state index is 0.0750. The van der Waals surface area contributed by atoms with Crippen LogP contribution in [0, 0.1) is 0 Å². The van der Waals surface area contributed by atoms with Crippen LogP contribution in [0.5, 0.6) is 23.0 Å². The minimum Gasteiger partial charge on any atom is -0.493 e. The number of phosphoric acid groups is 1.